The summed E-state index contributed by atoms with van der Waals surface area (Å²) in [5, 5.41) is 0. The van der Waals surface area contributed by atoms with Crippen molar-refractivity contribution in [3.8, 4) is 0 Å². The van der Waals surface area contributed by atoms with E-state index in [0.717, 1.165) is 28.6 Å². The first kappa shape index (κ1) is 15.5. The maximum absolute atomic E-state index is 13.7. The van der Waals surface area contributed by atoms with Crippen molar-refractivity contribution in [2.45, 2.75) is 12.8 Å². The van der Waals surface area contributed by atoms with Crippen LogP contribution in [0.5, 0.6) is 0 Å². The molecule has 0 aliphatic rings. The number of halogens is 4. The lowest BCUT2D eigenvalue weighted by atomic mass is 9.94. The second-order valence-electron chi connectivity index (χ2n) is 4.79. The van der Waals surface area contributed by atoms with Crippen LogP contribution in [-0.4, -0.2) is 5.88 Å². The number of rotatable bonds is 5. The lowest BCUT2D eigenvalue weighted by Gasteiger charge is -2.15. The molecule has 0 aliphatic heterocycles. The molecule has 0 aromatic heterocycles. The van der Waals surface area contributed by atoms with Crippen LogP contribution in [0.1, 0.15) is 11.1 Å². The first-order valence-corrected chi connectivity index (χ1v) is 7.65. The third-order valence-corrected chi connectivity index (χ3v) is 4.08. The summed E-state index contributed by atoms with van der Waals surface area (Å²) in [5.41, 5.74) is 1.51. The van der Waals surface area contributed by atoms with Crippen molar-refractivity contribution in [2.75, 3.05) is 5.88 Å². The smallest absolute Gasteiger partial charge is 0.126 e. The Kier molecular flexibility index (Phi) is 5.55. The maximum Gasteiger partial charge on any atom is 0.126 e. The van der Waals surface area contributed by atoms with E-state index in [-0.39, 0.29) is 11.7 Å². The van der Waals surface area contributed by atoms with E-state index in [1.165, 1.54) is 6.07 Å². The first-order chi connectivity index (χ1) is 9.58. The van der Waals surface area contributed by atoms with Gasteiger partial charge in [-0.1, -0.05) is 28.1 Å². The highest BCUT2D eigenvalue weighted by Gasteiger charge is 2.13. The molecule has 0 saturated carbocycles. The molecule has 0 saturated heterocycles. The van der Waals surface area contributed by atoms with Gasteiger partial charge in [-0.05, 0) is 60.2 Å². The van der Waals surface area contributed by atoms with Crippen LogP contribution < -0.4 is 0 Å². The Bertz CT molecular complexity index is 586. The lowest BCUT2D eigenvalue weighted by Crippen LogP contribution is -2.11. The molecule has 0 bridgehead atoms. The summed E-state index contributed by atoms with van der Waals surface area (Å²) in [6, 6.07) is 11.5. The Labute approximate surface area is 130 Å². The fraction of sp³-hybridized carbons (Fsp3) is 0.250. The molecular formula is C16H14BrClF2. The predicted molar refractivity (Wildman–Crippen MR) is 82.1 cm³/mol. The molecule has 0 amide bonds. The van der Waals surface area contributed by atoms with Crippen molar-refractivity contribution in [2.24, 2.45) is 5.92 Å². The van der Waals surface area contributed by atoms with Gasteiger partial charge in [-0.2, -0.15) is 0 Å². The molecule has 20 heavy (non-hydrogen) atoms. The highest BCUT2D eigenvalue weighted by molar-refractivity contribution is 9.10. The molecule has 4 heteroatoms. The van der Waals surface area contributed by atoms with E-state index in [9.17, 15) is 8.78 Å². The number of benzene rings is 2. The number of hydrogen-bond acceptors (Lipinski definition) is 0. The third-order valence-electron chi connectivity index (χ3n) is 3.15. The van der Waals surface area contributed by atoms with Crippen molar-refractivity contribution in [3.63, 3.8) is 0 Å². The van der Waals surface area contributed by atoms with Crippen LogP contribution in [0.2, 0.25) is 0 Å². The van der Waals surface area contributed by atoms with Crippen LogP contribution >= 0.6 is 27.5 Å². The van der Waals surface area contributed by atoms with E-state index in [1.54, 1.807) is 0 Å². The summed E-state index contributed by atoms with van der Waals surface area (Å²) in [6.45, 7) is 0. The number of hydrogen-bond donors (Lipinski definition) is 0. The minimum absolute atomic E-state index is 0.0715. The summed E-state index contributed by atoms with van der Waals surface area (Å²) >= 11 is 9.39. The average molecular weight is 360 g/mol. The minimum atomic E-state index is -0.419. The molecule has 106 valence electrons. The fourth-order valence-corrected chi connectivity index (χ4v) is 2.85. The Hall–Kier alpha value is -0.930. The molecule has 0 fully saturated rings. The largest absolute Gasteiger partial charge is 0.207 e. The van der Waals surface area contributed by atoms with Gasteiger partial charge in [-0.3, -0.25) is 0 Å². The van der Waals surface area contributed by atoms with Gasteiger partial charge in [0, 0.05) is 10.4 Å². The van der Waals surface area contributed by atoms with Gasteiger partial charge in [0.15, 0.2) is 0 Å². The summed E-state index contributed by atoms with van der Waals surface area (Å²) in [4.78, 5) is 0. The van der Waals surface area contributed by atoms with Crippen LogP contribution in [0.3, 0.4) is 0 Å². The highest BCUT2D eigenvalue weighted by Crippen LogP contribution is 2.21. The molecule has 1 atom stereocenters. The van der Waals surface area contributed by atoms with Gasteiger partial charge >= 0.3 is 0 Å². The Morgan fingerprint density at radius 1 is 1.05 bits per heavy atom. The Morgan fingerprint density at radius 3 is 2.55 bits per heavy atom. The predicted octanol–water partition coefficient (Wildman–Crippen LogP) is 5.37. The van der Waals surface area contributed by atoms with Crippen LogP contribution in [-0.2, 0) is 12.8 Å². The van der Waals surface area contributed by atoms with Crippen LogP contribution in [0, 0.1) is 17.6 Å². The zero-order valence-electron chi connectivity index (χ0n) is 10.8. The molecule has 0 radical (unpaired) electrons. The Balaban J connectivity index is 2.11. The van der Waals surface area contributed by atoms with E-state index in [1.807, 2.05) is 24.3 Å². The maximum atomic E-state index is 13.7. The summed E-state index contributed by atoms with van der Waals surface area (Å²) < 4.78 is 27.8. The number of alkyl halides is 1. The van der Waals surface area contributed by atoms with Gasteiger partial charge < -0.3 is 0 Å². The van der Waals surface area contributed by atoms with E-state index < -0.39 is 5.82 Å². The molecule has 0 N–H and O–H groups in total. The van der Waals surface area contributed by atoms with E-state index >= 15 is 0 Å². The summed E-state index contributed by atoms with van der Waals surface area (Å²) in [6.07, 6.45) is 1.17. The van der Waals surface area contributed by atoms with E-state index in [4.69, 9.17) is 11.6 Å². The molecule has 2 rings (SSSR count). The second kappa shape index (κ2) is 7.19. The topological polar surface area (TPSA) is 0 Å². The van der Waals surface area contributed by atoms with E-state index in [0.29, 0.717) is 17.9 Å². The van der Waals surface area contributed by atoms with Gasteiger partial charge in [-0.25, -0.2) is 8.78 Å². The van der Waals surface area contributed by atoms with Crippen LogP contribution in [0.4, 0.5) is 8.78 Å². The van der Waals surface area contributed by atoms with Gasteiger partial charge in [0.2, 0.25) is 0 Å². The van der Waals surface area contributed by atoms with Crippen LogP contribution in [0.15, 0.2) is 46.9 Å². The minimum Gasteiger partial charge on any atom is -0.207 e. The average Bonchev–Trinajstić information content (AvgIpc) is 2.42. The SMILES string of the molecule is Fc1ccc(F)c(CC(CCl)Cc2cccc(Br)c2)c1. The van der Waals surface area contributed by atoms with Crippen molar-refractivity contribution in [1.29, 1.82) is 0 Å². The molecule has 0 nitrogen and oxygen atoms in total. The van der Waals surface area contributed by atoms with Gasteiger partial charge in [-0.15, -0.1) is 11.6 Å². The lowest BCUT2D eigenvalue weighted by molar-refractivity contribution is 0.536. The zero-order chi connectivity index (χ0) is 14.5. The first-order valence-electron chi connectivity index (χ1n) is 6.33. The summed E-state index contributed by atoms with van der Waals surface area (Å²) in [7, 11) is 0. The Morgan fingerprint density at radius 2 is 1.85 bits per heavy atom. The van der Waals surface area contributed by atoms with Gasteiger partial charge in [0.1, 0.15) is 11.6 Å². The van der Waals surface area contributed by atoms with Crippen molar-refractivity contribution >= 4 is 27.5 Å². The normalized spacial score (nSPS) is 12.4. The molecule has 2 aromatic rings. The highest BCUT2D eigenvalue weighted by atomic mass is 79.9. The van der Waals surface area contributed by atoms with Crippen LogP contribution in [0.25, 0.3) is 0 Å². The van der Waals surface area contributed by atoms with E-state index in [2.05, 4.69) is 15.9 Å². The fourth-order valence-electron chi connectivity index (χ4n) is 2.19. The molecule has 0 spiro atoms. The second-order valence-corrected chi connectivity index (χ2v) is 6.02. The third kappa shape index (κ3) is 4.29. The standard InChI is InChI=1S/C16H14BrClF2/c17-14-3-1-2-11(8-14)6-12(10-18)7-13-9-15(19)4-5-16(13)20/h1-5,8-9,12H,6-7,10H2. The summed E-state index contributed by atoms with van der Waals surface area (Å²) in [5.74, 6) is -0.321. The molecule has 0 heterocycles. The van der Waals surface area contributed by atoms with Gasteiger partial charge in [0.05, 0.1) is 0 Å². The molecule has 1 unspecified atom stereocenters. The molecule has 2 aromatic carbocycles. The van der Waals surface area contributed by atoms with Crippen molar-refractivity contribution in [3.05, 3.63) is 69.7 Å². The van der Waals surface area contributed by atoms with Crippen molar-refractivity contribution < 1.29 is 8.78 Å². The quantitative estimate of drug-likeness (QED) is 0.630. The molecular weight excluding hydrogens is 346 g/mol. The van der Waals surface area contributed by atoms with Gasteiger partial charge in [0.25, 0.3) is 0 Å². The zero-order valence-corrected chi connectivity index (χ0v) is 13.1. The van der Waals surface area contributed by atoms with Crippen molar-refractivity contribution in [1.82, 2.24) is 0 Å². The monoisotopic (exact) mass is 358 g/mol. The molecule has 0 aliphatic carbocycles.